The molecule has 0 unspecified atom stereocenters. The van der Waals surface area contributed by atoms with Crippen molar-refractivity contribution in [1.29, 1.82) is 0 Å². The maximum Gasteiger partial charge on any atom is 0.311 e. The van der Waals surface area contributed by atoms with Gasteiger partial charge in [-0.2, -0.15) is 0 Å². The van der Waals surface area contributed by atoms with Crippen molar-refractivity contribution >= 4 is 29.2 Å². The molecule has 2 aromatic carbocycles. The van der Waals surface area contributed by atoms with E-state index in [0.29, 0.717) is 17.1 Å². The van der Waals surface area contributed by atoms with Gasteiger partial charge in [-0.1, -0.05) is 17.7 Å². The molecular weight excluding hydrogens is 377 g/mol. The average Bonchev–Trinajstić information content (AvgIpc) is 2.64. The van der Waals surface area contributed by atoms with E-state index in [2.05, 4.69) is 5.32 Å². The van der Waals surface area contributed by atoms with Crippen LogP contribution in [0.25, 0.3) is 0 Å². The Bertz CT molecular complexity index is 843. The molecular formula is C19H19ClFNO5. The quantitative estimate of drug-likeness (QED) is 0.725. The van der Waals surface area contributed by atoms with E-state index in [1.54, 1.807) is 18.2 Å². The van der Waals surface area contributed by atoms with Crippen molar-refractivity contribution in [3.05, 3.63) is 52.8 Å². The topological polar surface area (TPSA) is 73.9 Å². The van der Waals surface area contributed by atoms with Crippen LogP contribution in [0.4, 0.5) is 10.1 Å². The second kappa shape index (κ2) is 9.23. The largest absolute Gasteiger partial charge is 0.497 e. The fourth-order valence-corrected chi connectivity index (χ4v) is 2.43. The number of anilines is 1. The van der Waals surface area contributed by atoms with Crippen LogP contribution in [0.2, 0.25) is 5.02 Å². The van der Waals surface area contributed by atoms with Gasteiger partial charge >= 0.3 is 5.97 Å². The number of ether oxygens (including phenoxy) is 3. The molecule has 0 spiro atoms. The highest BCUT2D eigenvalue weighted by Crippen LogP contribution is 2.25. The molecule has 0 bridgehead atoms. The number of nitrogens with one attached hydrogen (secondary N) is 1. The summed E-state index contributed by atoms with van der Waals surface area (Å²) in [4.78, 5) is 24.2. The van der Waals surface area contributed by atoms with Gasteiger partial charge in [-0.15, -0.1) is 0 Å². The van der Waals surface area contributed by atoms with Crippen LogP contribution < -0.4 is 14.8 Å². The smallest absolute Gasteiger partial charge is 0.311 e. The highest BCUT2D eigenvalue weighted by molar-refractivity contribution is 6.30. The molecule has 0 fully saturated rings. The lowest BCUT2D eigenvalue weighted by Crippen LogP contribution is -2.30. The molecule has 144 valence electrons. The molecule has 1 N–H and O–H groups in total. The van der Waals surface area contributed by atoms with E-state index in [1.165, 1.54) is 33.3 Å². The molecule has 2 rings (SSSR count). The maximum absolute atomic E-state index is 13.7. The van der Waals surface area contributed by atoms with Crippen LogP contribution in [0, 0.1) is 5.82 Å². The van der Waals surface area contributed by atoms with Gasteiger partial charge in [0.25, 0.3) is 5.91 Å². The summed E-state index contributed by atoms with van der Waals surface area (Å²) in [5.74, 6) is -0.922. The number of carbonyl (C=O) groups excluding carboxylic acids is 2. The molecule has 6 nitrogen and oxygen atoms in total. The summed E-state index contributed by atoms with van der Waals surface area (Å²) in [6.07, 6.45) is -1.21. The van der Waals surface area contributed by atoms with E-state index < -0.39 is 23.8 Å². The molecule has 0 heterocycles. The van der Waals surface area contributed by atoms with E-state index in [9.17, 15) is 14.0 Å². The van der Waals surface area contributed by atoms with Gasteiger partial charge in [0.15, 0.2) is 6.10 Å². The number of rotatable bonds is 7. The van der Waals surface area contributed by atoms with Gasteiger partial charge in [0.05, 0.1) is 26.3 Å². The molecule has 0 aliphatic heterocycles. The summed E-state index contributed by atoms with van der Waals surface area (Å²) in [6.45, 7) is 1.40. The molecule has 27 heavy (non-hydrogen) atoms. The Balaban J connectivity index is 1.97. The minimum absolute atomic E-state index is 0.0517. The molecule has 1 atom stereocenters. The van der Waals surface area contributed by atoms with Crippen LogP contribution >= 0.6 is 11.6 Å². The monoisotopic (exact) mass is 395 g/mol. The molecule has 0 aliphatic carbocycles. The van der Waals surface area contributed by atoms with Crippen LogP contribution in [-0.4, -0.2) is 32.2 Å². The zero-order valence-corrected chi connectivity index (χ0v) is 15.8. The number of hydrogen-bond acceptors (Lipinski definition) is 5. The highest BCUT2D eigenvalue weighted by atomic mass is 35.5. The van der Waals surface area contributed by atoms with Crippen LogP contribution in [0.1, 0.15) is 12.5 Å². The zero-order chi connectivity index (χ0) is 20.0. The van der Waals surface area contributed by atoms with E-state index in [4.69, 9.17) is 25.8 Å². The van der Waals surface area contributed by atoms with Crippen molar-refractivity contribution in [2.45, 2.75) is 19.4 Å². The van der Waals surface area contributed by atoms with Crippen molar-refractivity contribution in [2.24, 2.45) is 0 Å². The standard InChI is InChI=1S/C19H19ClFNO5/c1-11(19(24)22-16-7-5-13(20)9-15(16)21)27-18(23)8-12-4-6-14(25-2)10-17(12)26-3/h4-7,9-11H,8H2,1-3H3,(H,22,24)/t11-/m0/s1. The lowest BCUT2D eigenvalue weighted by Gasteiger charge is -2.15. The molecule has 0 saturated heterocycles. The molecule has 0 aromatic heterocycles. The van der Waals surface area contributed by atoms with Gasteiger partial charge < -0.3 is 19.5 Å². The zero-order valence-electron chi connectivity index (χ0n) is 15.0. The van der Waals surface area contributed by atoms with Crippen molar-refractivity contribution in [3.63, 3.8) is 0 Å². The first-order valence-corrected chi connectivity index (χ1v) is 8.38. The van der Waals surface area contributed by atoms with E-state index in [0.717, 1.165) is 6.07 Å². The summed E-state index contributed by atoms with van der Waals surface area (Å²) in [6, 6.07) is 8.84. The van der Waals surface area contributed by atoms with E-state index >= 15 is 0 Å². The van der Waals surface area contributed by atoms with Crippen LogP contribution in [0.15, 0.2) is 36.4 Å². The van der Waals surface area contributed by atoms with Gasteiger partial charge in [-0.3, -0.25) is 9.59 Å². The fraction of sp³-hybridized carbons (Fsp3) is 0.263. The molecule has 0 saturated carbocycles. The number of halogens is 2. The summed E-state index contributed by atoms with van der Waals surface area (Å²) < 4.78 is 29.2. The normalized spacial score (nSPS) is 11.4. The predicted octanol–water partition coefficient (Wildman–Crippen LogP) is 3.61. The summed E-state index contributed by atoms with van der Waals surface area (Å²) in [5.41, 5.74) is 0.531. The summed E-state index contributed by atoms with van der Waals surface area (Å²) in [7, 11) is 2.99. The Kier molecular flexibility index (Phi) is 7.01. The van der Waals surface area contributed by atoms with Crippen molar-refractivity contribution in [1.82, 2.24) is 0 Å². The summed E-state index contributed by atoms with van der Waals surface area (Å²) >= 11 is 5.67. The minimum atomic E-state index is -1.11. The highest BCUT2D eigenvalue weighted by Gasteiger charge is 2.20. The van der Waals surface area contributed by atoms with Crippen molar-refractivity contribution < 1.29 is 28.2 Å². The number of methoxy groups -OCH3 is 2. The molecule has 0 radical (unpaired) electrons. The Morgan fingerprint density at radius 1 is 1.15 bits per heavy atom. The van der Waals surface area contributed by atoms with E-state index in [-0.39, 0.29) is 17.1 Å². The van der Waals surface area contributed by atoms with Crippen LogP contribution in [0.3, 0.4) is 0 Å². The minimum Gasteiger partial charge on any atom is -0.497 e. The Morgan fingerprint density at radius 2 is 1.89 bits per heavy atom. The molecule has 8 heteroatoms. The van der Waals surface area contributed by atoms with Gasteiger partial charge in [-0.05, 0) is 31.2 Å². The Hall–Kier alpha value is -2.80. The van der Waals surface area contributed by atoms with Crippen LogP contribution in [-0.2, 0) is 20.7 Å². The fourth-order valence-electron chi connectivity index (χ4n) is 2.27. The van der Waals surface area contributed by atoms with Crippen molar-refractivity contribution in [3.8, 4) is 11.5 Å². The SMILES string of the molecule is COc1ccc(CC(=O)O[C@@H](C)C(=O)Nc2ccc(Cl)cc2F)c(OC)c1. The Morgan fingerprint density at radius 3 is 2.52 bits per heavy atom. The first kappa shape index (κ1) is 20.5. The first-order chi connectivity index (χ1) is 12.8. The average molecular weight is 396 g/mol. The maximum atomic E-state index is 13.7. The first-order valence-electron chi connectivity index (χ1n) is 8.00. The number of benzene rings is 2. The molecule has 1 amide bonds. The van der Waals surface area contributed by atoms with Gasteiger partial charge in [0.1, 0.15) is 17.3 Å². The van der Waals surface area contributed by atoms with E-state index in [1.807, 2.05) is 0 Å². The number of amides is 1. The molecule has 2 aromatic rings. The van der Waals surface area contributed by atoms with Crippen LogP contribution in [0.5, 0.6) is 11.5 Å². The lowest BCUT2D eigenvalue weighted by atomic mass is 10.1. The predicted molar refractivity (Wildman–Crippen MR) is 98.8 cm³/mol. The molecule has 0 aliphatic rings. The Labute approximate surface area is 161 Å². The van der Waals surface area contributed by atoms with Gasteiger partial charge in [0, 0.05) is 16.7 Å². The third-order valence-electron chi connectivity index (χ3n) is 3.70. The summed E-state index contributed by atoms with van der Waals surface area (Å²) in [5, 5.41) is 2.56. The van der Waals surface area contributed by atoms with Gasteiger partial charge in [0.2, 0.25) is 0 Å². The number of esters is 1. The second-order valence-electron chi connectivity index (χ2n) is 5.60. The number of hydrogen-bond donors (Lipinski definition) is 1. The third kappa shape index (κ3) is 5.59. The second-order valence-corrected chi connectivity index (χ2v) is 6.04. The van der Waals surface area contributed by atoms with Crippen molar-refractivity contribution in [2.75, 3.05) is 19.5 Å². The lowest BCUT2D eigenvalue weighted by molar-refractivity contribution is -0.152. The third-order valence-corrected chi connectivity index (χ3v) is 3.93. The van der Waals surface area contributed by atoms with Gasteiger partial charge in [-0.25, -0.2) is 4.39 Å². The number of carbonyl (C=O) groups is 2.